The van der Waals surface area contributed by atoms with Crippen LogP contribution in [-0.4, -0.2) is 82.7 Å². The van der Waals surface area contributed by atoms with Gasteiger partial charge in [0.2, 0.25) is 21.8 Å². The zero-order chi connectivity index (χ0) is 41.3. The molecule has 3 saturated carbocycles. The summed E-state index contributed by atoms with van der Waals surface area (Å²) in [6, 6.07) is 2.49. The van der Waals surface area contributed by atoms with E-state index >= 15 is 0 Å². The summed E-state index contributed by atoms with van der Waals surface area (Å²) in [5, 5.41) is 6.06. The molecule has 17 heteroatoms. The molecule has 4 amide bonds. The SMILES string of the molecule is Cc1ccc2nc(C(F)(F)F)c3c(c2c1)CC[C@]1(C[C@H]2C(=O)N[C@]4(C(=O)NS(=O)(=O)C5(C)CC5)C[C@H]4/C=C\CCCCC[C@H](NC(=O)OC4CCCC4)C(=O)N2C1)O3. The Morgan fingerprint density at radius 3 is 2.50 bits per heavy atom. The largest absolute Gasteiger partial charge is 0.483 e. The maximum Gasteiger partial charge on any atom is 0.437 e. The molecule has 4 heterocycles. The van der Waals surface area contributed by atoms with Crippen molar-refractivity contribution in [1.82, 2.24) is 25.2 Å². The van der Waals surface area contributed by atoms with Crippen LogP contribution in [0, 0.1) is 12.8 Å². The number of rotatable bonds is 5. The van der Waals surface area contributed by atoms with Gasteiger partial charge in [0.25, 0.3) is 5.91 Å². The van der Waals surface area contributed by atoms with Gasteiger partial charge in [0, 0.05) is 23.3 Å². The van der Waals surface area contributed by atoms with Gasteiger partial charge < -0.3 is 25.0 Å². The molecule has 3 aliphatic heterocycles. The molecule has 3 aliphatic carbocycles. The van der Waals surface area contributed by atoms with Crippen molar-refractivity contribution < 1.29 is 50.2 Å². The summed E-state index contributed by atoms with van der Waals surface area (Å²) < 4.78 is 83.7. The average molecular weight is 830 g/mol. The molecule has 1 spiro atoms. The summed E-state index contributed by atoms with van der Waals surface area (Å²) in [6.45, 7) is 3.07. The number of aromatic nitrogens is 1. The number of hydrogen-bond donors (Lipinski definition) is 3. The van der Waals surface area contributed by atoms with E-state index in [1.165, 1.54) is 11.0 Å². The summed E-state index contributed by atoms with van der Waals surface area (Å²) in [7, 11) is -4.08. The number of hydrogen-bond acceptors (Lipinski definition) is 9. The molecule has 3 N–H and O–H groups in total. The average Bonchev–Trinajstić information content (AvgIpc) is 3.96. The molecule has 13 nitrogen and oxygen atoms in total. The zero-order valence-electron chi connectivity index (χ0n) is 32.7. The van der Waals surface area contributed by atoms with Crippen LogP contribution in [-0.2, 0) is 41.7 Å². The molecule has 0 radical (unpaired) electrons. The van der Waals surface area contributed by atoms with E-state index in [-0.39, 0.29) is 50.3 Å². The number of alkyl halides is 3. The number of sulfonamides is 1. The van der Waals surface area contributed by atoms with Gasteiger partial charge in [0.05, 0.1) is 16.8 Å². The molecule has 4 fully saturated rings. The van der Waals surface area contributed by atoms with Crippen LogP contribution in [0.25, 0.3) is 10.9 Å². The molecule has 314 valence electrons. The standard InChI is InChI=1S/C41H50F3N5O8S/c1-24-14-15-29-28(20-24)27-16-17-39(57-32(27)33(45-29)41(42,43)44)22-31-34(50)47-40(36(52)48-58(54,55)38(2)18-19-38)21-25(40)10-6-4-3-5-7-13-30(35(51)49(31)23-39)46-37(53)56-26-11-8-9-12-26/h6,10,14-15,20,25-26,30-31H,3-5,7-9,11-13,16-19,21-23H2,1-2H3,(H,46,53)(H,47,50)(H,48,52)/b10-6-/t25-,30+,31+,39-,40-/m1/s1. The second-order valence-electron chi connectivity index (χ2n) is 17.5. The number of alkyl carbamates (subject to hydrolysis) is 1. The first kappa shape index (κ1) is 40.4. The minimum Gasteiger partial charge on any atom is -0.483 e. The van der Waals surface area contributed by atoms with E-state index in [4.69, 9.17) is 9.47 Å². The summed E-state index contributed by atoms with van der Waals surface area (Å²) in [5.41, 5.74) is -3.02. The first-order chi connectivity index (χ1) is 27.4. The number of ether oxygens (including phenoxy) is 2. The molecule has 2 aromatic rings. The minimum atomic E-state index is -4.89. The Kier molecular flexibility index (Phi) is 10.2. The van der Waals surface area contributed by atoms with Crippen molar-refractivity contribution in [3.05, 3.63) is 47.2 Å². The number of amides is 4. The monoisotopic (exact) mass is 829 g/mol. The van der Waals surface area contributed by atoms with E-state index in [2.05, 4.69) is 20.3 Å². The molecule has 1 aromatic heterocycles. The van der Waals surface area contributed by atoms with Crippen LogP contribution in [0.1, 0.15) is 114 Å². The van der Waals surface area contributed by atoms with Crippen LogP contribution in [0.4, 0.5) is 18.0 Å². The predicted molar refractivity (Wildman–Crippen MR) is 205 cm³/mol. The van der Waals surface area contributed by atoms with Crippen molar-refractivity contribution in [2.24, 2.45) is 5.92 Å². The molecule has 0 unspecified atom stereocenters. The molecule has 8 rings (SSSR count). The lowest BCUT2D eigenvalue weighted by Crippen LogP contribution is -2.58. The highest BCUT2D eigenvalue weighted by atomic mass is 32.2. The second-order valence-corrected chi connectivity index (χ2v) is 19.7. The van der Waals surface area contributed by atoms with Crippen LogP contribution >= 0.6 is 0 Å². The van der Waals surface area contributed by atoms with E-state index in [1.54, 1.807) is 25.1 Å². The quantitative estimate of drug-likeness (QED) is 0.322. The van der Waals surface area contributed by atoms with Gasteiger partial charge in [0.15, 0.2) is 11.4 Å². The third kappa shape index (κ3) is 7.63. The Balaban J connectivity index is 1.15. The number of carbonyl (C=O) groups is 4. The Morgan fingerprint density at radius 2 is 1.78 bits per heavy atom. The van der Waals surface area contributed by atoms with Crippen molar-refractivity contribution in [3.8, 4) is 5.75 Å². The van der Waals surface area contributed by atoms with Crippen molar-refractivity contribution in [1.29, 1.82) is 0 Å². The Hall–Kier alpha value is -4.41. The van der Waals surface area contributed by atoms with Gasteiger partial charge in [-0.1, -0.05) is 36.6 Å². The molecule has 5 atom stereocenters. The molecular weight excluding hydrogens is 780 g/mol. The summed E-state index contributed by atoms with van der Waals surface area (Å²) in [5.74, 6) is -3.31. The Bertz CT molecular complexity index is 2170. The van der Waals surface area contributed by atoms with Crippen LogP contribution in [0.3, 0.4) is 0 Å². The van der Waals surface area contributed by atoms with Gasteiger partial charge in [-0.25, -0.2) is 18.2 Å². The lowest BCUT2D eigenvalue weighted by Gasteiger charge is -2.37. The van der Waals surface area contributed by atoms with E-state index in [0.29, 0.717) is 55.9 Å². The van der Waals surface area contributed by atoms with E-state index < -0.39 is 85.3 Å². The minimum absolute atomic E-state index is 0.104. The van der Waals surface area contributed by atoms with Gasteiger partial charge in [-0.3, -0.25) is 19.1 Å². The molecule has 6 aliphatic rings. The number of nitrogens with zero attached hydrogens (tertiary/aromatic N) is 2. The van der Waals surface area contributed by atoms with Gasteiger partial charge >= 0.3 is 12.3 Å². The lowest BCUT2D eigenvalue weighted by atomic mass is 9.86. The number of fused-ring (bicyclic) bond motifs is 5. The van der Waals surface area contributed by atoms with E-state index in [9.17, 15) is 40.8 Å². The maximum absolute atomic E-state index is 14.8. The fraction of sp³-hybridized carbons (Fsp3) is 0.634. The second kappa shape index (κ2) is 14.7. The molecule has 0 bridgehead atoms. The molecule has 1 saturated heterocycles. The number of nitrogens with one attached hydrogen (secondary N) is 3. The topological polar surface area (TPSA) is 173 Å². The van der Waals surface area contributed by atoms with E-state index in [0.717, 1.165) is 24.8 Å². The maximum atomic E-state index is 14.8. The third-order valence-electron chi connectivity index (χ3n) is 13.1. The van der Waals surface area contributed by atoms with Gasteiger partial charge in [-0.05, 0) is 103 Å². The number of halogens is 3. The molecule has 1 aromatic carbocycles. The highest BCUT2D eigenvalue weighted by Crippen LogP contribution is 2.50. The van der Waals surface area contributed by atoms with Crippen molar-refractivity contribution in [2.75, 3.05) is 6.54 Å². The fourth-order valence-electron chi connectivity index (χ4n) is 9.17. The predicted octanol–water partition coefficient (Wildman–Crippen LogP) is 5.66. The number of pyridine rings is 1. The highest BCUT2D eigenvalue weighted by Gasteiger charge is 2.64. The van der Waals surface area contributed by atoms with Gasteiger partial charge in [0.1, 0.15) is 29.3 Å². The summed E-state index contributed by atoms with van der Waals surface area (Å²) >= 11 is 0. The van der Waals surface area contributed by atoms with Crippen molar-refractivity contribution >= 4 is 44.7 Å². The summed E-state index contributed by atoms with van der Waals surface area (Å²) in [4.78, 5) is 61.8. The lowest BCUT2D eigenvalue weighted by molar-refractivity contribution is -0.144. The van der Waals surface area contributed by atoms with Crippen LogP contribution < -0.4 is 20.1 Å². The fourth-order valence-corrected chi connectivity index (χ4v) is 10.5. The van der Waals surface area contributed by atoms with Crippen LogP contribution in [0.5, 0.6) is 5.75 Å². The highest BCUT2D eigenvalue weighted by molar-refractivity contribution is 7.91. The summed E-state index contributed by atoms with van der Waals surface area (Å²) in [6.07, 6.45) is 4.68. The number of carbonyl (C=O) groups excluding carboxylic acids is 4. The van der Waals surface area contributed by atoms with Gasteiger partial charge in [-0.15, -0.1) is 0 Å². The van der Waals surface area contributed by atoms with Crippen LogP contribution in [0.2, 0.25) is 0 Å². The molecule has 58 heavy (non-hydrogen) atoms. The normalized spacial score (nSPS) is 30.5. The smallest absolute Gasteiger partial charge is 0.437 e. The van der Waals surface area contributed by atoms with Crippen molar-refractivity contribution in [2.45, 2.75) is 150 Å². The zero-order valence-corrected chi connectivity index (χ0v) is 33.5. The van der Waals surface area contributed by atoms with Gasteiger partial charge in [-0.2, -0.15) is 13.2 Å². The number of allylic oxidation sites excluding steroid dienone is 1. The van der Waals surface area contributed by atoms with Crippen LogP contribution in [0.15, 0.2) is 30.4 Å². The molecular formula is C41H50F3N5O8S. The first-order valence-electron chi connectivity index (χ1n) is 20.5. The number of aryl methyl sites for hydroxylation is 2. The van der Waals surface area contributed by atoms with Crippen molar-refractivity contribution in [3.63, 3.8) is 0 Å². The Labute approximate surface area is 335 Å². The Morgan fingerprint density at radius 1 is 1.03 bits per heavy atom. The van der Waals surface area contributed by atoms with E-state index in [1.807, 2.05) is 13.0 Å². The third-order valence-corrected chi connectivity index (χ3v) is 15.3. The first-order valence-corrected chi connectivity index (χ1v) is 21.9. The number of benzene rings is 1.